The summed E-state index contributed by atoms with van der Waals surface area (Å²) >= 11 is 0. The molecule has 2 aliphatic rings. The summed E-state index contributed by atoms with van der Waals surface area (Å²) in [7, 11) is 3.21. The first kappa shape index (κ1) is 13.8. The Labute approximate surface area is 109 Å². The minimum absolute atomic E-state index is 0.115. The van der Waals surface area contributed by atoms with Crippen LogP contribution in [0.25, 0.3) is 0 Å². The molecule has 2 unspecified atom stereocenters. The lowest BCUT2D eigenvalue weighted by molar-refractivity contribution is -0.153. The van der Waals surface area contributed by atoms with Crippen molar-refractivity contribution in [2.75, 3.05) is 14.2 Å². The van der Waals surface area contributed by atoms with Crippen molar-refractivity contribution in [1.29, 1.82) is 0 Å². The first-order valence-corrected chi connectivity index (χ1v) is 7.09. The van der Waals surface area contributed by atoms with Gasteiger partial charge in [0.15, 0.2) is 0 Å². The summed E-state index contributed by atoms with van der Waals surface area (Å²) < 4.78 is 10.5. The number of carbonyl (C=O) groups excluding carboxylic acids is 1. The standard InChI is InChI=1S/C14H25NO3/c1-17-12-8-5-9-14(10-12,13(16)18-2)15-11-6-3-4-7-11/h11-12,15H,3-10H2,1-2H3. The Morgan fingerprint density at radius 3 is 2.50 bits per heavy atom. The lowest BCUT2D eigenvalue weighted by atomic mass is 9.79. The van der Waals surface area contributed by atoms with E-state index in [-0.39, 0.29) is 12.1 Å². The molecule has 0 saturated heterocycles. The van der Waals surface area contributed by atoms with Crippen LogP contribution in [0.5, 0.6) is 0 Å². The predicted octanol–water partition coefficient (Wildman–Crippen LogP) is 2.02. The fourth-order valence-electron chi connectivity index (χ4n) is 3.46. The second-order valence-corrected chi connectivity index (χ2v) is 5.65. The van der Waals surface area contributed by atoms with Crippen molar-refractivity contribution in [2.24, 2.45) is 0 Å². The summed E-state index contributed by atoms with van der Waals surface area (Å²) in [6.07, 6.45) is 8.74. The van der Waals surface area contributed by atoms with E-state index in [2.05, 4.69) is 5.32 Å². The average Bonchev–Trinajstić information content (AvgIpc) is 2.90. The van der Waals surface area contributed by atoms with Gasteiger partial charge in [0.2, 0.25) is 0 Å². The van der Waals surface area contributed by atoms with Crippen LogP contribution in [0.3, 0.4) is 0 Å². The minimum Gasteiger partial charge on any atom is -0.468 e. The summed E-state index contributed by atoms with van der Waals surface area (Å²) in [5.41, 5.74) is -0.511. The third kappa shape index (κ3) is 2.86. The van der Waals surface area contributed by atoms with Crippen LogP contribution in [0.4, 0.5) is 0 Å². The molecular formula is C14H25NO3. The Morgan fingerprint density at radius 1 is 1.17 bits per heavy atom. The Morgan fingerprint density at radius 2 is 1.89 bits per heavy atom. The van der Waals surface area contributed by atoms with Gasteiger partial charge in [-0.05, 0) is 32.1 Å². The highest BCUT2D eigenvalue weighted by molar-refractivity contribution is 5.81. The van der Waals surface area contributed by atoms with E-state index in [0.29, 0.717) is 6.04 Å². The first-order valence-electron chi connectivity index (χ1n) is 7.09. The van der Waals surface area contributed by atoms with Gasteiger partial charge in [-0.15, -0.1) is 0 Å². The van der Waals surface area contributed by atoms with E-state index in [1.54, 1.807) is 7.11 Å². The van der Waals surface area contributed by atoms with Crippen molar-refractivity contribution in [3.05, 3.63) is 0 Å². The summed E-state index contributed by atoms with van der Waals surface area (Å²) in [4.78, 5) is 12.2. The molecule has 0 heterocycles. The SMILES string of the molecule is COC(=O)C1(NC2CCCC2)CCCC(OC)C1. The highest BCUT2D eigenvalue weighted by Gasteiger charge is 2.45. The first-order chi connectivity index (χ1) is 8.70. The smallest absolute Gasteiger partial charge is 0.326 e. The van der Waals surface area contributed by atoms with Gasteiger partial charge in [0.05, 0.1) is 13.2 Å². The average molecular weight is 255 g/mol. The zero-order valence-electron chi connectivity index (χ0n) is 11.5. The van der Waals surface area contributed by atoms with E-state index in [1.165, 1.54) is 32.8 Å². The van der Waals surface area contributed by atoms with Crippen LogP contribution in [0, 0.1) is 0 Å². The van der Waals surface area contributed by atoms with Gasteiger partial charge in [-0.2, -0.15) is 0 Å². The zero-order valence-corrected chi connectivity index (χ0v) is 11.5. The predicted molar refractivity (Wildman–Crippen MR) is 69.4 cm³/mol. The molecule has 0 aromatic carbocycles. The molecule has 4 heteroatoms. The molecule has 18 heavy (non-hydrogen) atoms. The minimum atomic E-state index is -0.511. The topological polar surface area (TPSA) is 47.6 Å². The van der Waals surface area contributed by atoms with Gasteiger partial charge in [-0.3, -0.25) is 10.1 Å². The lowest BCUT2D eigenvalue weighted by Gasteiger charge is -2.40. The van der Waals surface area contributed by atoms with Crippen LogP contribution in [0.1, 0.15) is 51.4 Å². The van der Waals surface area contributed by atoms with E-state index in [1.807, 2.05) is 0 Å². The van der Waals surface area contributed by atoms with Crippen LogP contribution in [0.2, 0.25) is 0 Å². The van der Waals surface area contributed by atoms with E-state index in [0.717, 1.165) is 25.7 Å². The molecule has 4 nitrogen and oxygen atoms in total. The number of hydrogen-bond donors (Lipinski definition) is 1. The molecule has 0 bridgehead atoms. The Hall–Kier alpha value is -0.610. The molecule has 2 atom stereocenters. The molecule has 0 aliphatic heterocycles. The van der Waals surface area contributed by atoms with Crippen LogP contribution in [0.15, 0.2) is 0 Å². The second kappa shape index (κ2) is 6.02. The third-order valence-electron chi connectivity index (χ3n) is 4.45. The highest BCUT2D eigenvalue weighted by Crippen LogP contribution is 2.33. The van der Waals surface area contributed by atoms with Crippen molar-refractivity contribution >= 4 is 5.97 Å². The number of esters is 1. The van der Waals surface area contributed by atoms with E-state index >= 15 is 0 Å². The van der Waals surface area contributed by atoms with Gasteiger partial charge < -0.3 is 9.47 Å². The molecule has 2 fully saturated rings. The quantitative estimate of drug-likeness (QED) is 0.781. The number of methoxy groups -OCH3 is 2. The van der Waals surface area contributed by atoms with Gasteiger partial charge >= 0.3 is 5.97 Å². The molecule has 0 spiro atoms. The third-order valence-corrected chi connectivity index (χ3v) is 4.45. The molecular weight excluding hydrogens is 230 g/mol. The van der Waals surface area contributed by atoms with E-state index in [9.17, 15) is 4.79 Å². The van der Waals surface area contributed by atoms with Gasteiger partial charge in [0.25, 0.3) is 0 Å². The number of hydrogen-bond acceptors (Lipinski definition) is 4. The Bertz CT molecular complexity index is 289. The molecule has 0 aromatic heterocycles. The second-order valence-electron chi connectivity index (χ2n) is 5.65. The normalized spacial score (nSPS) is 33.6. The highest BCUT2D eigenvalue weighted by atomic mass is 16.5. The molecule has 0 amide bonds. The number of carbonyl (C=O) groups is 1. The lowest BCUT2D eigenvalue weighted by Crippen LogP contribution is -2.59. The van der Waals surface area contributed by atoms with E-state index < -0.39 is 5.54 Å². The molecule has 1 N–H and O–H groups in total. The summed E-state index contributed by atoms with van der Waals surface area (Å²) in [6.45, 7) is 0. The monoisotopic (exact) mass is 255 g/mol. The van der Waals surface area contributed by atoms with Crippen molar-refractivity contribution in [2.45, 2.75) is 69.1 Å². The van der Waals surface area contributed by atoms with Gasteiger partial charge in [-0.1, -0.05) is 12.8 Å². The molecule has 2 saturated carbocycles. The summed E-state index contributed by atoms with van der Waals surface area (Å²) in [5, 5.41) is 3.59. The molecule has 0 radical (unpaired) electrons. The van der Waals surface area contributed by atoms with Crippen LogP contribution in [-0.4, -0.2) is 37.9 Å². The Balaban J connectivity index is 2.08. The van der Waals surface area contributed by atoms with Crippen LogP contribution >= 0.6 is 0 Å². The van der Waals surface area contributed by atoms with Gasteiger partial charge in [-0.25, -0.2) is 0 Å². The summed E-state index contributed by atoms with van der Waals surface area (Å²) in [6, 6.07) is 0.472. The Kier molecular flexibility index (Phi) is 4.62. The maximum atomic E-state index is 12.2. The van der Waals surface area contributed by atoms with Crippen molar-refractivity contribution in [3.63, 3.8) is 0 Å². The van der Waals surface area contributed by atoms with Crippen molar-refractivity contribution < 1.29 is 14.3 Å². The van der Waals surface area contributed by atoms with Crippen molar-refractivity contribution in [1.82, 2.24) is 5.32 Å². The maximum absolute atomic E-state index is 12.2. The molecule has 104 valence electrons. The number of nitrogens with one attached hydrogen (secondary N) is 1. The van der Waals surface area contributed by atoms with Gasteiger partial charge in [0.1, 0.15) is 5.54 Å². The molecule has 2 aliphatic carbocycles. The maximum Gasteiger partial charge on any atom is 0.326 e. The van der Waals surface area contributed by atoms with Crippen molar-refractivity contribution in [3.8, 4) is 0 Å². The number of ether oxygens (including phenoxy) is 2. The molecule has 0 aromatic rings. The fraction of sp³-hybridized carbons (Fsp3) is 0.929. The fourth-order valence-corrected chi connectivity index (χ4v) is 3.46. The van der Waals surface area contributed by atoms with E-state index in [4.69, 9.17) is 9.47 Å². The number of rotatable bonds is 4. The van der Waals surface area contributed by atoms with Crippen LogP contribution in [-0.2, 0) is 14.3 Å². The summed E-state index contributed by atoms with van der Waals surface area (Å²) in [5.74, 6) is -0.115. The largest absolute Gasteiger partial charge is 0.468 e. The zero-order chi connectivity index (χ0) is 13.0. The molecule has 2 rings (SSSR count). The van der Waals surface area contributed by atoms with Crippen LogP contribution < -0.4 is 5.32 Å². The van der Waals surface area contributed by atoms with Gasteiger partial charge in [0, 0.05) is 19.6 Å².